The second-order valence-corrected chi connectivity index (χ2v) is 8.14. The van der Waals surface area contributed by atoms with Crippen LogP contribution in [-0.2, 0) is 6.54 Å². The number of nitrogens with zero attached hydrogens (tertiary/aromatic N) is 2. The van der Waals surface area contributed by atoms with Crippen molar-refractivity contribution in [1.82, 2.24) is 20.4 Å². The molecular formula is C23H30N4O3. The Morgan fingerprint density at radius 2 is 1.87 bits per heavy atom. The van der Waals surface area contributed by atoms with Gasteiger partial charge in [-0.15, -0.1) is 0 Å². The van der Waals surface area contributed by atoms with E-state index in [1.165, 1.54) is 0 Å². The van der Waals surface area contributed by atoms with Crippen molar-refractivity contribution in [2.45, 2.75) is 44.3 Å². The zero-order chi connectivity index (χ0) is 21.1. The van der Waals surface area contributed by atoms with Crippen LogP contribution >= 0.6 is 0 Å². The van der Waals surface area contributed by atoms with Crippen molar-refractivity contribution >= 4 is 22.8 Å². The normalized spacial score (nSPS) is 18.7. The van der Waals surface area contributed by atoms with E-state index < -0.39 is 0 Å². The fourth-order valence-electron chi connectivity index (χ4n) is 4.29. The Bertz CT molecular complexity index is 928. The van der Waals surface area contributed by atoms with Crippen molar-refractivity contribution in [3.63, 3.8) is 0 Å². The number of rotatable bonds is 5. The molecule has 4 amide bonds. The van der Waals surface area contributed by atoms with Gasteiger partial charge in [0.05, 0.1) is 13.2 Å². The van der Waals surface area contributed by atoms with Crippen LogP contribution < -0.4 is 15.4 Å². The van der Waals surface area contributed by atoms with E-state index in [9.17, 15) is 9.59 Å². The Kier molecular flexibility index (Phi) is 5.97. The lowest BCUT2D eigenvalue weighted by molar-refractivity contribution is 0.116. The monoisotopic (exact) mass is 410 g/mol. The van der Waals surface area contributed by atoms with Gasteiger partial charge in [-0.05, 0) is 60.2 Å². The number of hydrogen-bond donors (Lipinski definition) is 2. The molecule has 2 fully saturated rings. The Morgan fingerprint density at radius 3 is 2.60 bits per heavy atom. The first-order valence-corrected chi connectivity index (χ1v) is 10.7. The molecular weight excluding hydrogens is 380 g/mol. The Hall–Kier alpha value is -2.96. The van der Waals surface area contributed by atoms with Gasteiger partial charge in [0.1, 0.15) is 5.75 Å². The lowest BCUT2D eigenvalue weighted by Gasteiger charge is -2.39. The number of amides is 4. The summed E-state index contributed by atoms with van der Waals surface area (Å²) in [4.78, 5) is 28.9. The number of likely N-dealkylation sites (tertiary alicyclic amines) is 1. The van der Waals surface area contributed by atoms with Crippen LogP contribution in [0.15, 0.2) is 36.4 Å². The van der Waals surface area contributed by atoms with Crippen LogP contribution in [0.25, 0.3) is 10.8 Å². The average Bonchev–Trinajstić information content (AvgIpc) is 3.62. The number of urea groups is 2. The molecule has 2 aliphatic rings. The molecule has 0 bridgehead atoms. The number of piperidine rings is 1. The molecule has 1 heterocycles. The molecule has 0 radical (unpaired) electrons. The summed E-state index contributed by atoms with van der Waals surface area (Å²) in [5, 5.41) is 8.03. The molecule has 2 aromatic carbocycles. The number of ether oxygens (including phenoxy) is 1. The third-order valence-electron chi connectivity index (χ3n) is 6.02. The third kappa shape index (κ3) is 4.45. The maximum absolute atomic E-state index is 13.1. The molecule has 1 atom stereocenters. The van der Waals surface area contributed by atoms with Gasteiger partial charge >= 0.3 is 12.1 Å². The molecule has 1 saturated carbocycles. The lowest BCUT2D eigenvalue weighted by atomic mass is 10.0. The van der Waals surface area contributed by atoms with Crippen LogP contribution in [0.5, 0.6) is 5.75 Å². The van der Waals surface area contributed by atoms with E-state index in [0.29, 0.717) is 19.1 Å². The number of carbonyl (C=O) groups excluding carboxylic acids is 2. The highest BCUT2D eigenvalue weighted by Gasteiger charge is 2.39. The number of benzene rings is 2. The van der Waals surface area contributed by atoms with Crippen LogP contribution in [0.1, 0.15) is 31.2 Å². The minimum atomic E-state index is -0.0661. The van der Waals surface area contributed by atoms with E-state index in [1.807, 2.05) is 34.1 Å². The van der Waals surface area contributed by atoms with Gasteiger partial charge in [0.15, 0.2) is 0 Å². The Balaban J connectivity index is 1.41. The first-order valence-electron chi connectivity index (χ1n) is 10.7. The minimum Gasteiger partial charge on any atom is -0.497 e. The van der Waals surface area contributed by atoms with Crippen LogP contribution in [-0.4, -0.2) is 61.2 Å². The highest BCUT2D eigenvalue weighted by molar-refractivity contribution is 5.84. The fourth-order valence-corrected chi connectivity index (χ4v) is 4.29. The molecule has 2 aromatic rings. The van der Waals surface area contributed by atoms with E-state index in [1.54, 1.807) is 14.2 Å². The maximum atomic E-state index is 13.1. The van der Waals surface area contributed by atoms with Crippen molar-refractivity contribution in [3.8, 4) is 5.75 Å². The quantitative estimate of drug-likeness (QED) is 0.794. The number of hydrogen-bond acceptors (Lipinski definition) is 3. The molecule has 4 rings (SSSR count). The largest absolute Gasteiger partial charge is 0.497 e. The van der Waals surface area contributed by atoms with Gasteiger partial charge in [-0.3, -0.25) is 0 Å². The van der Waals surface area contributed by atoms with Gasteiger partial charge in [-0.25, -0.2) is 9.59 Å². The summed E-state index contributed by atoms with van der Waals surface area (Å²) in [6.07, 6.45) is 3.95. The summed E-state index contributed by atoms with van der Waals surface area (Å²) in [5.74, 6) is 0.835. The van der Waals surface area contributed by atoms with E-state index in [0.717, 1.165) is 54.3 Å². The van der Waals surface area contributed by atoms with Crippen molar-refractivity contribution in [3.05, 3.63) is 42.0 Å². The molecule has 1 aliphatic heterocycles. The number of fused-ring (bicyclic) bond motifs is 1. The minimum absolute atomic E-state index is 0.0314. The summed E-state index contributed by atoms with van der Waals surface area (Å²) in [7, 11) is 3.31. The first-order chi connectivity index (χ1) is 14.6. The van der Waals surface area contributed by atoms with Crippen LogP contribution in [0.2, 0.25) is 0 Å². The van der Waals surface area contributed by atoms with E-state index in [-0.39, 0.29) is 18.1 Å². The number of carbonyl (C=O) groups is 2. The molecule has 1 aliphatic carbocycles. The predicted octanol–water partition coefficient (Wildman–Crippen LogP) is 3.33. The van der Waals surface area contributed by atoms with Crippen molar-refractivity contribution < 1.29 is 14.3 Å². The van der Waals surface area contributed by atoms with E-state index >= 15 is 0 Å². The number of methoxy groups -OCH3 is 1. The summed E-state index contributed by atoms with van der Waals surface area (Å²) in [6, 6.07) is 12.5. The number of nitrogens with one attached hydrogen (secondary N) is 2. The summed E-state index contributed by atoms with van der Waals surface area (Å²) in [6.45, 7) is 1.83. The maximum Gasteiger partial charge on any atom is 0.318 e. The zero-order valence-electron chi connectivity index (χ0n) is 17.7. The fraction of sp³-hybridized carbons (Fsp3) is 0.478. The molecule has 0 aromatic heterocycles. The summed E-state index contributed by atoms with van der Waals surface area (Å²) >= 11 is 0. The van der Waals surface area contributed by atoms with Crippen LogP contribution in [0, 0.1) is 0 Å². The summed E-state index contributed by atoms with van der Waals surface area (Å²) in [5.41, 5.74) is 1.06. The SMILES string of the molecule is CNC(=O)N1CCC[C@@H](N(C(=O)NCc2ccc3cc(OC)ccc3c2)C2CC2)C1. The van der Waals surface area contributed by atoms with Gasteiger partial charge in [-0.2, -0.15) is 0 Å². The van der Waals surface area contributed by atoms with Crippen LogP contribution in [0.4, 0.5) is 9.59 Å². The molecule has 2 N–H and O–H groups in total. The second-order valence-electron chi connectivity index (χ2n) is 8.14. The molecule has 160 valence electrons. The molecule has 0 spiro atoms. The molecule has 30 heavy (non-hydrogen) atoms. The molecule has 0 unspecified atom stereocenters. The molecule has 7 nitrogen and oxygen atoms in total. The molecule has 7 heteroatoms. The van der Waals surface area contributed by atoms with Gasteiger partial charge in [0.25, 0.3) is 0 Å². The highest BCUT2D eigenvalue weighted by atomic mass is 16.5. The van der Waals surface area contributed by atoms with Crippen molar-refractivity contribution in [2.24, 2.45) is 0 Å². The lowest BCUT2D eigenvalue weighted by Crippen LogP contribution is -2.56. The van der Waals surface area contributed by atoms with Gasteiger partial charge < -0.3 is 25.2 Å². The van der Waals surface area contributed by atoms with Crippen molar-refractivity contribution in [2.75, 3.05) is 27.2 Å². The topological polar surface area (TPSA) is 73.9 Å². The average molecular weight is 411 g/mol. The van der Waals surface area contributed by atoms with Crippen molar-refractivity contribution in [1.29, 1.82) is 0 Å². The van der Waals surface area contributed by atoms with E-state index in [2.05, 4.69) is 22.8 Å². The van der Waals surface area contributed by atoms with E-state index in [4.69, 9.17) is 4.74 Å². The zero-order valence-corrected chi connectivity index (χ0v) is 17.7. The Morgan fingerprint density at radius 1 is 1.10 bits per heavy atom. The second kappa shape index (κ2) is 8.81. The van der Waals surface area contributed by atoms with Gasteiger partial charge in [-0.1, -0.05) is 18.2 Å². The Labute approximate surface area is 177 Å². The molecule has 1 saturated heterocycles. The first kappa shape index (κ1) is 20.3. The third-order valence-corrected chi connectivity index (χ3v) is 6.02. The smallest absolute Gasteiger partial charge is 0.318 e. The standard InChI is InChI=1S/C23H30N4O3/c1-24-22(28)26-11-3-4-20(15-26)27(19-8-9-19)23(29)25-14-16-5-6-18-13-21(30-2)10-7-17(18)12-16/h5-7,10,12-13,19-20H,3-4,8-9,11,14-15H2,1-2H3,(H,24,28)(H,25,29)/t20-/m1/s1. The summed E-state index contributed by atoms with van der Waals surface area (Å²) < 4.78 is 5.28. The van der Waals surface area contributed by atoms with Gasteiger partial charge in [0.2, 0.25) is 0 Å². The van der Waals surface area contributed by atoms with Gasteiger partial charge in [0, 0.05) is 32.7 Å². The predicted molar refractivity (Wildman–Crippen MR) is 117 cm³/mol. The van der Waals surface area contributed by atoms with Crippen LogP contribution in [0.3, 0.4) is 0 Å². The highest BCUT2D eigenvalue weighted by Crippen LogP contribution is 2.31.